The first-order valence-electron chi connectivity index (χ1n) is 3.50. The number of esters is 1. The number of aliphatic hydroxyl groups is 1. The zero-order valence-corrected chi connectivity index (χ0v) is 8.61. The van der Waals surface area contributed by atoms with Crippen molar-refractivity contribution in [1.82, 2.24) is 0 Å². The van der Waals surface area contributed by atoms with Gasteiger partial charge in [0.25, 0.3) is 6.47 Å². The van der Waals surface area contributed by atoms with Crippen molar-refractivity contribution >= 4 is 12.4 Å². The molecule has 0 spiro atoms. The lowest BCUT2D eigenvalue weighted by Gasteiger charge is -1.89. The monoisotopic (exact) mass is 236 g/mol. The van der Waals surface area contributed by atoms with E-state index in [4.69, 9.17) is 15.0 Å². The summed E-state index contributed by atoms with van der Waals surface area (Å²) >= 11 is 0. The number of aliphatic hydroxyl groups excluding tert-OH is 1. The molecule has 0 aliphatic carbocycles. The van der Waals surface area contributed by atoms with Crippen LogP contribution in [-0.4, -0.2) is 43.1 Å². The van der Waals surface area contributed by atoms with Crippen LogP contribution in [0.1, 0.15) is 13.8 Å². The molecule has 0 aromatic rings. The van der Waals surface area contributed by atoms with E-state index < -0.39 is 6.68 Å². The summed E-state index contributed by atoms with van der Waals surface area (Å²) in [6.45, 7) is -0.264. The molecule has 0 aliphatic rings. The molecule has 8 heteroatoms. The number of hydrogen-bond donors (Lipinski definition) is 2. The molecule has 0 saturated carbocycles. The van der Waals surface area contributed by atoms with Crippen molar-refractivity contribution in [3.8, 4) is 0 Å². The maximum Gasteiger partial charge on any atom is 0.379 e. The third-order valence-corrected chi connectivity index (χ3v) is 0.348. The second-order valence-corrected chi connectivity index (χ2v) is 1.28. The Balaban J connectivity index is -0.0000000590. The van der Waals surface area contributed by atoms with Crippen molar-refractivity contribution in [2.45, 2.75) is 20.5 Å². The van der Waals surface area contributed by atoms with Crippen LogP contribution in [0.2, 0.25) is 0 Å². The predicted octanol–water partition coefficient (Wildman–Crippen LogP) is 1.06. The fraction of sp³-hybridized carbons (Fsp3) is 0.714. The van der Waals surface area contributed by atoms with Crippen LogP contribution in [0.15, 0.2) is 0 Å². The highest BCUT2D eigenvalue weighted by atomic mass is 19.4. The largest absolute Gasteiger partial charge is 0.483 e. The van der Waals surface area contributed by atoms with Gasteiger partial charge in [-0.3, -0.25) is 9.59 Å². The van der Waals surface area contributed by atoms with Crippen LogP contribution in [0.3, 0.4) is 0 Å². The summed E-state index contributed by atoms with van der Waals surface area (Å²) in [7, 11) is 1.00. The number of halogens is 3. The van der Waals surface area contributed by atoms with E-state index in [1.54, 1.807) is 6.92 Å². The molecule has 0 atom stereocenters. The highest BCUT2D eigenvalue weighted by Crippen LogP contribution is 1.87. The molecule has 0 rings (SSSR count). The third-order valence-electron chi connectivity index (χ3n) is 0.348. The van der Waals surface area contributed by atoms with Crippen LogP contribution in [0, 0.1) is 0 Å². The summed E-state index contributed by atoms with van der Waals surface area (Å²) in [4.78, 5) is 18.2. The smallest absolute Gasteiger partial charge is 0.379 e. The summed E-state index contributed by atoms with van der Waals surface area (Å²) in [5, 5.41) is 13.9. The number of rotatable bonds is 1. The molecule has 0 saturated heterocycles. The molecular weight excluding hydrogens is 221 g/mol. The minimum absolute atomic E-state index is 0.211. The predicted molar refractivity (Wildman–Crippen MR) is 46.3 cm³/mol. The zero-order valence-electron chi connectivity index (χ0n) is 8.61. The Morgan fingerprint density at radius 3 is 1.60 bits per heavy atom. The Morgan fingerprint density at radius 2 is 1.60 bits per heavy atom. The van der Waals surface area contributed by atoms with Gasteiger partial charge < -0.3 is 14.9 Å². The first-order valence-corrected chi connectivity index (χ1v) is 3.50. The fourth-order valence-electron chi connectivity index (χ4n) is 0.203. The Bertz CT molecular complexity index is 118. The molecule has 5 nitrogen and oxygen atoms in total. The number of carbonyl (C=O) groups is 2. The van der Waals surface area contributed by atoms with Gasteiger partial charge in [0.1, 0.15) is 0 Å². The topological polar surface area (TPSA) is 83.8 Å². The Hall–Kier alpha value is -1.31. The molecule has 0 radical (unpaired) electrons. The lowest BCUT2D eigenvalue weighted by molar-refractivity contribution is -0.140. The van der Waals surface area contributed by atoms with Crippen molar-refractivity contribution < 1.29 is 37.7 Å². The van der Waals surface area contributed by atoms with Crippen LogP contribution in [-0.2, 0) is 14.3 Å². The fourth-order valence-corrected chi connectivity index (χ4v) is 0.203. The number of ether oxygens (including phenoxy) is 1. The van der Waals surface area contributed by atoms with Crippen LogP contribution in [0.25, 0.3) is 0 Å². The minimum atomic E-state index is -3.67. The summed E-state index contributed by atoms with van der Waals surface area (Å²) < 4.78 is 33.4. The van der Waals surface area contributed by atoms with Crippen LogP contribution >= 0.6 is 0 Å². The van der Waals surface area contributed by atoms with Crippen LogP contribution in [0.4, 0.5) is 13.2 Å². The van der Waals surface area contributed by atoms with E-state index in [9.17, 15) is 18.0 Å². The van der Waals surface area contributed by atoms with Gasteiger partial charge in [-0.15, -0.1) is 0 Å². The second kappa shape index (κ2) is 29.3. The lowest BCUT2D eigenvalue weighted by atomic mass is 10.8. The number of carbonyl (C=O) groups excluding carboxylic acids is 1. The molecule has 0 bridgehead atoms. The summed E-state index contributed by atoms with van der Waals surface area (Å²) in [5.74, 6) is -0.211. The third kappa shape index (κ3) is 508. The standard InChI is InChI=1S/C4H8O2.CHF3.CH2O2.CH4O/c1-3-6-4(2)5;2-1(3)4;2-1-3;1-2/h3H2,1-2H3;1H;1H,(H,2,3);2H,1H3. The van der Waals surface area contributed by atoms with Gasteiger partial charge in [-0.05, 0) is 6.92 Å². The van der Waals surface area contributed by atoms with Gasteiger partial charge in [-0.2, -0.15) is 13.2 Å². The number of carboxylic acid groups (broad SMARTS) is 1. The number of alkyl halides is 3. The van der Waals surface area contributed by atoms with E-state index in [0.29, 0.717) is 6.61 Å². The first kappa shape index (κ1) is 23.5. The molecule has 15 heavy (non-hydrogen) atoms. The van der Waals surface area contributed by atoms with E-state index in [0.717, 1.165) is 7.11 Å². The maximum atomic E-state index is 9.82. The average Bonchev–Trinajstić information content (AvgIpc) is 2.07. The summed E-state index contributed by atoms with van der Waals surface area (Å²) in [6, 6.07) is 0. The van der Waals surface area contributed by atoms with E-state index >= 15 is 0 Å². The molecular formula is C7H15F3O5. The Kier molecular flexibility index (Phi) is 45.9. The second-order valence-electron chi connectivity index (χ2n) is 1.28. The molecule has 2 N–H and O–H groups in total. The van der Waals surface area contributed by atoms with Gasteiger partial charge in [-0.1, -0.05) is 0 Å². The molecule has 0 aromatic carbocycles. The van der Waals surface area contributed by atoms with Crippen molar-refractivity contribution in [2.24, 2.45) is 0 Å². The summed E-state index contributed by atoms with van der Waals surface area (Å²) in [6.07, 6.45) is 0. The molecule has 0 fully saturated rings. The van der Waals surface area contributed by atoms with Crippen LogP contribution < -0.4 is 0 Å². The molecule has 94 valence electrons. The Morgan fingerprint density at radius 1 is 1.40 bits per heavy atom. The molecule has 0 unspecified atom stereocenters. The SMILES string of the molecule is CCOC(C)=O.CO.FC(F)F.O=CO. The zero-order chi connectivity index (χ0) is 13.3. The van der Waals surface area contributed by atoms with Crippen molar-refractivity contribution in [3.63, 3.8) is 0 Å². The van der Waals surface area contributed by atoms with E-state index in [1.807, 2.05) is 0 Å². The van der Waals surface area contributed by atoms with Gasteiger partial charge in [0, 0.05) is 14.0 Å². The van der Waals surface area contributed by atoms with Crippen molar-refractivity contribution in [1.29, 1.82) is 0 Å². The average molecular weight is 236 g/mol. The van der Waals surface area contributed by atoms with Gasteiger partial charge >= 0.3 is 12.6 Å². The first-order chi connectivity index (χ1) is 6.92. The quantitative estimate of drug-likeness (QED) is 0.525. The van der Waals surface area contributed by atoms with E-state index in [1.165, 1.54) is 6.92 Å². The normalized spacial score (nSPS) is 6.67. The summed E-state index contributed by atoms with van der Waals surface area (Å²) in [5.41, 5.74) is 0. The molecule has 0 amide bonds. The van der Waals surface area contributed by atoms with Gasteiger partial charge in [0.2, 0.25) is 0 Å². The maximum absolute atomic E-state index is 9.82. The molecule has 0 aliphatic heterocycles. The minimum Gasteiger partial charge on any atom is -0.483 e. The Labute approximate surface area is 85.5 Å². The van der Waals surface area contributed by atoms with Crippen molar-refractivity contribution in [3.05, 3.63) is 0 Å². The number of hydrogen-bond acceptors (Lipinski definition) is 4. The van der Waals surface area contributed by atoms with Gasteiger partial charge in [-0.25, -0.2) is 0 Å². The van der Waals surface area contributed by atoms with E-state index in [2.05, 4.69) is 4.74 Å². The highest BCUT2D eigenvalue weighted by Gasteiger charge is 1.86. The van der Waals surface area contributed by atoms with Gasteiger partial charge in [0.05, 0.1) is 6.61 Å². The van der Waals surface area contributed by atoms with Crippen LogP contribution in [0.5, 0.6) is 0 Å². The molecule has 0 aromatic heterocycles. The lowest BCUT2D eigenvalue weighted by Crippen LogP contribution is -1.95. The van der Waals surface area contributed by atoms with Gasteiger partial charge in [0.15, 0.2) is 0 Å². The highest BCUT2D eigenvalue weighted by molar-refractivity contribution is 5.65. The van der Waals surface area contributed by atoms with E-state index in [-0.39, 0.29) is 12.4 Å². The van der Waals surface area contributed by atoms with Crippen molar-refractivity contribution in [2.75, 3.05) is 13.7 Å². The molecule has 0 heterocycles.